The van der Waals surface area contributed by atoms with Gasteiger partial charge in [0.1, 0.15) is 5.01 Å². The molecule has 3 N–H and O–H groups in total. The van der Waals surface area contributed by atoms with E-state index in [1.165, 1.54) is 23.8 Å². The molecular weight excluding hydrogens is 386 g/mol. The highest BCUT2D eigenvalue weighted by atomic mass is 32.1. The number of aliphatic carboxylic acids is 1. The van der Waals surface area contributed by atoms with Crippen LogP contribution in [0.5, 0.6) is 0 Å². The molecule has 2 rings (SSSR count). The molecule has 2 aromatic rings. The van der Waals surface area contributed by atoms with Gasteiger partial charge in [-0.1, -0.05) is 45.1 Å². The molecule has 1 amide bonds. The molecule has 29 heavy (non-hydrogen) atoms. The number of nitrogens with one attached hydrogen (secondary N) is 2. The Morgan fingerprint density at radius 1 is 1.41 bits per heavy atom. The van der Waals surface area contributed by atoms with Crippen LogP contribution in [0.15, 0.2) is 48.2 Å². The van der Waals surface area contributed by atoms with Gasteiger partial charge in [0.15, 0.2) is 0 Å². The van der Waals surface area contributed by atoms with Crippen LogP contribution in [0.2, 0.25) is 0 Å². The van der Waals surface area contributed by atoms with E-state index in [1.807, 2.05) is 30.7 Å². The maximum atomic E-state index is 11.2. The van der Waals surface area contributed by atoms with Gasteiger partial charge in [-0.05, 0) is 25.5 Å². The fourth-order valence-electron chi connectivity index (χ4n) is 2.29. The van der Waals surface area contributed by atoms with Gasteiger partial charge >= 0.3 is 5.97 Å². The van der Waals surface area contributed by atoms with Gasteiger partial charge in [0.2, 0.25) is 6.41 Å². The fraction of sp³-hybridized carbons (Fsp3) is 0.227. The molecule has 6 nitrogen and oxygen atoms in total. The van der Waals surface area contributed by atoms with Crippen LogP contribution < -0.4 is 5.32 Å². The Bertz CT molecular complexity index is 933. The lowest BCUT2D eigenvalue weighted by Gasteiger charge is -1.99. The maximum Gasteiger partial charge on any atom is 0.337 e. The molecule has 0 atom stereocenters. The second-order valence-electron chi connectivity index (χ2n) is 6.10. The van der Waals surface area contributed by atoms with E-state index in [0.29, 0.717) is 17.0 Å². The number of carbonyl (C=O) groups is 2. The number of aromatic nitrogens is 2. The van der Waals surface area contributed by atoms with Gasteiger partial charge in [-0.25, -0.2) is 9.78 Å². The Morgan fingerprint density at radius 3 is 2.69 bits per heavy atom. The first-order valence-electron chi connectivity index (χ1n) is 9.14. The minimum Gasteiger partial charge on any atom is -0.478 e. The highest BCUT2D eigenvalue weighted by Crippen LogP contribution is 2.31. The molecule has 154 valence electrons. The summed E-state index contributed by atoms with van der Waals surface area (Å²) >= 11 is 1.42. The van der Waals surface area contributed by atoms with Crippen LogP contribution in [-0.4, -0.2) is 27.5 Å². The number of aromatic amines is 1. The molecule has 0 aliphatic rings. The SMILES string of the molecule is C=C/C=C\c1c(-c2csc(/C(C)=C/C(=C\NC=O)C(=O)O)n2)c[nH]c1C.CCC. The van der Waals surface area contributed by atoms with Crippen LogP contribution in [0.4, 0.5) is 0 Å². The summed E-state index contributed by atoms with van der Waals surface area (Å²) in [5, 5.41) is 14.1. The number of carbonyl (C=O) groups excluding carboxylic acids is 1. The third-order valence-electron chi connectivity index (χ3n) is 3.57. The quantitative estimate of drug-likeness (QED) is 0.316. The molecule has 0 saturated heterocycles. The fourth-order valence-corrected chi connectivity index (χ4v) is 3.09. The lowest BCUT2D eigenvalue weighted by atomic mass is 10.1. The molecule has 0 aliphatic carbocycles. The van der Waals surface area contributed by atoms with Crippen molar-refractivity contribution in [1.29, 1.82) is 0 Å². The first-order chi connectivity index (χ1) is 13.9. The predicted molar refractivity (Wildman–Crippen MR) is 120 cm³/mol. The van der Waals surface area contributed by atoms with Gasteiger partial charge in [-0.15, -0.1) is 11.3 Å². The van der Waals surface area contributed by atoms with Crippen molar-refractivity contribution in [2.24, 2.45) is 0 Å². The van der Waals surface area contributed by atoms with Crippen LogP contribution in [0.1, 0.15) is 43.5 Å². The van der Waals surface area contributed by atoms with Gasteiger partial charge in [0.05, 0.1) is 11.3 Å². The van der Waals surface area contributed by atoms with Gasteiger partial charge in [0, 0.05) is 34.6 Å². The smallest absolute Gasteiger partial charge is 0.337 e. The van der Waals surface area contributed by atoms with Crippen LogP contribution in [0, 0.1) is 6.92 Å². The van der Waals surface area contributed by atoms with E-state index in [2.05, 4.69) is 35.7 Å². The molecule has 7 heteroatoms. The van der Waals surface area contributed by atoms with Crippen molar-refractivity contribution in [3.8, 4) is 11.3 Å². The van der Waals surface area contributed by atoms with E-state index in [-0.39, 0.29) is 5.57 Å². The third kappa shape index (κ3) is 7.04. The molecule has 0 bridgehead atoms. The number of nitrogens with zero attached hydrogens (tertiary/aromatic N) is 1. The Balaban J connectivity index is 0.00000132. The second-order valence-corrected chi connectivity index (χ2v) is 6.96. The minimum absolute atomic E-state index is 0.0292. The molecule has 2 aromatic heterocycles. The van der Waals surface area contributed by atoms with Crippen molar-refractivity contribution in [1.82, 2.24) is 15.3 Å². The van der Waals surface area contributed by atoms with Crippen molar-refractivity contribution in [2.45, 2.75) is 34.1 Å². The number of hydrogen-bond donors (Lipinski definition) is 3. The summed E-state index contributed by atoms with van der Waals surface area (Å²) in [5.74, 6) is -1.13. The van der Waals surface area contributed by atoms with Crippen LogP contribution in [0.25, 0.3) is 22.9 Å². The van der Waals surface area contributed by atoms with E-state index in [4.69, 9.17) is 0 Å². The van der Waals surface area contributed by atoms with Crippen LogP contribution in [-0.2, 0) is 9.59 Å². The summed E-state index contributed by atoms with van der Waals surface area (Å²) in [7, 11) is 0. The summed E-state index contributed by atoms with van der Waals surface area (Å²) in [6.07, 6.45) is 11.7. The Morgan fingerprint density at radius 2 is 2.10 bits per heavy atom. The van der Waals surface area contributed by atoms with Crippen molar-refractivity contribution in [3.63, 3.8) is 0 Å². The number of carboxylic acid groups (broad SMARTS) is 1. The molecule has 0 unspecified atom stereocenters. The van der Waals surface area contributed by atoms with E-state index < -0.39 is 5.97 Å². The van der Waals surface area contributed by atoms with E-state index in [9.17, 15) is 14.7 Å². The van der Waals surface area contributed by atoms with Crippen LogP contribution in [0.3, 0.4) is 0 Å². The normalized spacial score (nSPS) is 11.7. The maximum absolute atomic E-state index is 11.2. The van der Waals surface area contributed by atoms with Gasteiger partial charge in [0.25, 0.3) is 0 Å². The van der Waals surface area contributed by atoms with Gasteiger partial charge in [-0.2, -0.15) is 0 Å². The van der Waals surface area contributed by atoms with E-state index >= 15 is 0 Å². The van der Waals surface area contributed by atoms with Gasteiger partial charge < -0.3 is 15.4 Å². The van der Waals surface area contributed by atoms with E-state index in [0.717, 1.165) is 28.7 Å². The van der Waals surface area contributed by atoms with Crippen molar-refractivity contribution in [2.75, 3.05) is 0 Å². The summed E-state index contributed by atoms with van der Waals surface area (Å²) in [6, 6.07) is 0. The number of allylic oxidation sites excluding steroid dienone is 3. The predicted octanol–water partition coefficient (Wildman–Crippen LogP) is 5.18. The topological polar surface area (TPSA) is 95.1 Å². The standard InChI is InChI=1S/C19H19N3O3S.C3H8/c1-4-5-6-15-13(3)21-9-16(15)17-10-26-18(22-17)12(2)7-14(19(24)25)8-20-11-23;1-3-2/h4-11,21H,1H2,2-3H3,(H,20,23)(H,24,25);3H2,1-2H3/b6-5-,12-7+,14-8+;. The minimum atomic E-state index is -1.13. The summed E-state index contributed by atoms with van der Waals surface area (Å²) in [4.78, 5) is 29.4. The molecule has 0 spiro atoms. The molecule has 0 fully saturated rings. The first kappa shape index (κ1) is 23.8. The number of rotatable bonds is 8. The molecule has 0 aromatic carbocycles. The van der Waals surface area contributed by atoms with Crippen LogP contribution >= 0.6 is 11.3 Å². The number of thiazole rings is 1. The Kier molecular flexibility index (Phi) is 10.1. The zero-order valence-electron chi connectivity index (χ0n) is 17.2. The summed E-state index contributed by atoms with van der Waals surface area (Å²) in [5.41, 5.74) is 4.49. The lowest BCUT2D eigenvalue weighted by Crippen LogP contribution is -2.07. The van der Waals surface area contributed by atoms with Gasteiger partial charge in [-0.3, -0.25) is 4.79 Å². The zero-order valence-corrected chi connectivity index (χ0v) is 18.0. The van der Waals surface area contributed by atoms with E-state index in [1.54, 1.807) is 13.0 Å². The average molecular weight is 414 g/mol. The zero-order chi connectivity index (χ0) is 21.8. The molecule has 0 radical (unpaired) electrons. The molecule has 2 heterocycles. The number of amides is 1. The summed E-state index contributed by atoms with van der Waals surface area (Å²) < 4.78 is 0. The molecular formula is C22H27N3O3S. The number of hydrogen-bond acceptors (Lipinski definition) is 4. The monoisotopic (exact) mass is 413 g/mol. The van der Waals surface area contributed by atoms with Crippen molar-refractivity contribution in [3.05, 3.63) is 64.4 Å². The Hall–Kier alpha value is -3.19. The highest BCUT2D eigenvalue weighted by molar-refractivity contribution is 7.11. The number of carboxylic acids is 1. The highest BCUT2D eigenvalue weighted by Gasteiger charge is 2.13. The molecule has 0 saturated carbocycles. The lowest BCUT2D eigenvalue weighted by molar-refractivity contribution is -0.132. The third-order valence-corrected chi connectivity index (χ3v) is 4.55. The largest absolute Gasteiger partial charge is 0.478 e. The number of aryl methyl sites for hydroxylation is 1. The second kappa shape index (κ2) is 12.3. The van der Waals surface area contributed by atoms with Crippen molar-refractivity contribution >= 4 is 35.4 Å². The molecule has 0 aliphatic heterocycles. The first-order valence-corrected chi connectivity index (χ1v) is 10.0. The Labute approximate surface area is 175 Å². The average Bonchev–Trinajstić information content (AvgIpc) is 3.30. The summed E-state index contributed by atoms with van der Waals surface area (Å²) in [6.45, 7) is 11.7. The number of H-pyrrole nitrogens is 1. The van der Waals surface area contributed by atoms with Crippen molar-refractivity contribution < 1.29 is 14.7 Å².